The summed E-state index contributed by atoms with van der Waals surface area (Å²) in [5.41, 5.74) is 6.62. The lowest BCUT2D eigenvalue weighted by Gasteiger charge is -2.29. The molecule has 0 saturated heterocycles. The molecule has 148 valence electrons. The monoisotopic (exact) mass is 402 g/mol. The number of amides is 2. The Bertz CT molecular complexity index is 848. The highest BCUT2D eigenvalue weighted by Gasteiger charge is 2.42. The predicted octanol–water partition coefficient (Wildman–Crippen LogP) is 3.75. The van der Waals surface area contributed by atoms with Crippen LogP contribution in [0.25, 0.3) is 0 Å². The third kappa shape index (κ3) is 4.53. The summed E-state index contributed by atoms with van der Waals surface area (Å²) in [5, 5.41) is 3.54. The van der Waals surface area contributed by atoms with Crippen molar-refractivity contribution in [3.05, 3.63) is 70.5 Å². The molecule has 2 amide bonds. The van der Waals surface area contributed by atoms with E-state index in [9.17, 15) is 14.0 Å². The largest absolute Gasteiger partial charge is 0.369 e. The molecule has 0 spiro atoms. The lowest BCUT2D eigenvalue weighted by molar-refractivity contribution is -0.127. The molecule has 2 aromatic carbocycles. The lowest BCUT2D eigenvalue weighted by atomic mass is 9.78. The van der Waals surface area contributed by atoms with Crippen molar-refractivity contribution in [3.8, 4) is 0 Å². The van der Waals surface area contributed by atoms with Gasteiger partial charge in [-0.05, 0) is 54.7 Å². The minimum Gasteiger partial charge on any atom is -0.369 e. The number of nitrogens with two attached hydrogens (primary N) is 1. The van der Waals surface area contributed by atoms with Gasteiger partial charge in [-0.15, -0.1) is 0 Å². The second-order valence-electron chi connectivity index (χ2n) is 7.44. The third-order valence-corrected chi connectivity index (χ3v) is 5.81. The smallest absolute Gasteiger partial charge is 0.230 e. The number of hydrogen-bond acceptors (Lipinski definition) is 2. The van der Waals surface area contributed by atoms with E-state index in [1.54, 1.807) is 18.2 Å². The van der Waals surface area contributed by atoms with Gasteiger partial charge >= 0.3 is 0 Å². The molecule has 28 heavy (non-hydrogen) atoms. The SMILES string of the molecule is NC(=O)[C@H](CNC(=O)C1(c2cccc(Cl)c2)CCCC1)Cc1ccc(F)cc1. The number of carbonyl (C=O) groups excluding carboxylic acids is 2. The molecule has 1 aliphatic carbocycles. The molecule has 1 saturated carbocycles. The molecule has 0 bridgehead atoms. The van der Waals surface area contributed by atoms with Crippen molar-refractivity contribution >= 4 is 23.4 Å². The second-order valence-corrected chi connectivity index (χ2v) is 7.88. The molecule has 3 rings (SSSR count). The van der Waals surface area contributed by atoms with E-state index in [1.165, 1.54) is 12.1 Å². The zero-order valence-electron chi connectivity index (χ0n) is 15.6. The minimum absolute atomic E-state index is 0.0994. The Kier molecular flexibility index (Phi) is 6.35. The molecule has 2 aromatic rings. The molecular formula is C22H24ClFN2O2. The van der Waals surface area contributed by atoms with Crippen molar-refractivity contribution in [2.24, 2.45) is 11.7 Å². The lowest BCUT2D eigenvalue weighted by Crippen LogP contribution is -2.46. The summed E-state index contributed by atoms with van der Waals surface area (Å²) in [7, 11) is 0. The van der Waals surface area contributed by atoms with E-state index in [0.29, 0.717) is 11.4 Å². The van der Waals surface area contributed by atoms with Crippen molar-refractivity contribution in [1.82, 2.24) is 5.32 Å². The summed E-state index contributed by atoms with van der Waals surface area (Å²) in [4.78, 5) is 25.0. The summed E-state index contributed by atoms with van der Waals surface area (Å²) in [6.45, 7) is 0.147. The first-order chi connectivity index (χ1) is 13.4. The summed E-state index contributed by atoms with van der Waals surface area (Å²) in [6, 6.07) is 13.4. The maximum absolute atomic E-state index is 13.1. The molecule has 0 heterocycles. The zero-order chi connectivity index (χ0) is 20.1. The van der Waals surface area contributed by atoms with Gasteiger partial charge in [-0.25, -0.2) is 4.39 Å². The van der Waals surface area contributed by atoms with Gasteiger partial charge in [0.05, 0.1) is 11.3 Å². The number of halogens is 2. The fourth-order valence-electron chi connectivity index (χ4n) is 3.97. The maximum Gasteiger partial charge on any atom is 0.230 e. The zero-order valence-corrected chi connectivity index (χ0v) is 16.3. The van der Waals surface area contributed by atoms with Crippen molar-refractivity contribution < 1.29 is 14.0 Å². The first-order valence-electron chi connectivity index (χ1n) is 9.49. The molecule has 4 nitrogen and oxygen atoms in total. The Balaban J connectivity index is 1.72. The predicted molar refractivity (Wildman–Crippen MR) is 107 cm³/mol. The summed E-state index contributed by atoms with van der Waals surface area (Å²) in [6.07, 6.45) is 3.78. The van der Waals surface area contributed by atoms with Crippen LogP contribution in [0.2, 0.25) is 5.02 Å². The number of nitrogens with one attached hydrogen (secondary N) is 1. The van der Waals surface area contributed by atoms with Crippen LogP contribution in [0.3, 0.4) is 0 Å². The molecule has 1 aliphatic rings. The number of rotatable bonds is 7. The van der Waals surface area contributed by atoms with Crippen molar-refractivity contribution in [1.29, 1.82) is 0 Å². The number of primary amides is 1. The maximum atomic E-state index is 13.1. The Morgan fingerprint density at radius 2 is 1.82 bits per heavy atom. The minimum atomic E-state index is -0.622. The van der Waals surface area contributed by atoms with Crippen molar-refractivity contribution in [2.75, 3.05) is 6.54 Å². The number of hydrogen-bond donors (Lipinski definition) is 2. The van der Waals surface area contributed by atoms with E-state index in [2.05, 4.69) is 5.32 Å². The molecule has 1 fully saturated rings. The quantitative estimate of drug-likeness (QED) is 0.740. The van der Waals surface area contributed by atoms with Crippen LogP contribution in [0, 0.1) is 11.7 Å². The Hall–Kier alpha value is -2.40. The van der Waals surface area contributed by atoms with Gasteiger partial charge in [0.1, 0.15) is 5.82 Å². The van der Waals surface area contributed by atoms with E-state index in [0.717, 1.165) is 36.8 Å². The summed E-state index contributed by atoms with van der Waals surface area (Å²) in [5.74, 6) is -1.49. The van der Waals surface area contributed by atoms with Gasteiger partial charge in [-0.3, -0.25) is 9.59 Å². The second kappa shape index (κ2) is 8.74. The van der Waals surface area contributed by atoms with Crippen LogP contribution in [0.1, 0.15) is 36.8 Å². The van der Waals surface area contributed by atoms with Gasteiger partial charge in [0.2, 0.25) is 11.8 Å². The van der Waals surface area contributed by atoms with E-state index in [-0.39, 0.29) is 18.3 Å². The third-order valence-electron chi connectivity index (χ3n) is 5.58. The average molecular weight is 403 g/mol. The van der Waals surface area contributed by atoms with Crippen LogP contribution in [0.4, 0.5) is 4.39 Å². The van der Waals surface area contributed by atoms with Gasteiger partial charge < -0.3 is 11.1 Å². The van der Waals surface area contributed by atoms with Crippen LogP contribution in [0.5, 0.6) is 0 Å². The van der Waals surface area contributed by atoms with Gasteiger partial charge in [0.15, 0.2) is 0 Å². The highest BCUT2D eigenvalue weighted by Crippen LogP contribution is 2.42. The Labute approximate surface area is 169 Å². The topological polar surface area (TPSA) is 72.2 Å². The Morgan fingerprint density at radius 3 is 2.43 bits per heavy atom. The van der Waals surface area contributed by atoms with Gasteiger partial charge in [-0.2, -0.15) is 0 Å². The van der Waals surface area contributed by atoms with Crippen molar-refractivity contribution in [3.63, 3.8) is 0 Å². The van der Waals surface area contributed by atoms with Crippen molar-refractivity contribution in [2.45, 2.75) is 37.5 Å². The van der Waals surface area contributed by atoms with Gasteiger partial charge in [0, 0.05) is 11.6 Å². The van der Waals surface area contributed by atoms with E-state index in [1.807, 2.05) is 18.2 Å². The molecule has 0 unspecified atom stereocenters. The molecule has 6 heteroatoms. The van der Waals surface area contributed by atoms with Crippen LogP contribution in [0.15, 0.2) is 48.5 Å². The van der Waals surface area contributed by atoms with E-state index >= 15 is 0 Å². The molecule has 0 aromatic heterocycles. The summed E-state index contributed by atoms with van der Waals surface area (Å²) < 4.78 is 13.1. The summed E-state index contributed by atoms with van der Waals surface area (Å²) >= 11 is 6.14. The van der Waals surface area contributed by atoms with Gasteiger partial charge in [-0.1, -0.05) is 48.7 Å². The van der Waals surface area contributed by atoms with Gasteiger partial charge in [0.25, 0.3) is 0 Å². The van der Waals surface area contributed by atoms with E-state index < -0.39 is 17.2 Å². The number of carbonyl (C=O) groups is 2. The van der Waals surface area contributed by atoms with Crippen LogP contribution in [-0.2, 0) is 21.4 Å². The van der Waals surface area contributed by atoms with Crippen LogP contribution >= 0.6 is 11.6 Å². The van der Waals surface area contributed by atoms with E-state index in [4.69, 9.17) is 17.3 Å². The molecule has 0 radical (unpaired) electrons. The first kappa shape index (κ1) is 20.3. The highest BCUT2D eigenvalue weighted by atomic mass is 35.5. The first-order valence-corrected chi connectivity index (χ1v) is 9.86. The number of benzene rings is 2. The molecular weight excluding hydrogens is 379 g/mol. The standard InChI is InChI=1S/C22H24ClFN2O2/c23-18-5-3-4-17(13-18)22(10-1-2-11-22)21(28)26-14-16(20(25)27)12-15-6-8-19(24)9-7-15/h3-9,13,16H,1-2,10-12,14H2,(H2,25,27)(H,26,28)/t16-/m0/s1. The highest BCUT2D eigenvalue weighted by molar-refractivity contribution is 6.30. The van der Waals surface area contributed by atoms with Crippen LogP contribution in [-0.4, -0.2) is 18.4 Å². The molecule has 0 aliphatic heterocycles. The van der Waals surface area contributed by atoms with Crippen LogP contribution < -0.4 is 11.1 Å². The fraction of sp³-hybridized carbons (Fsp3) is 0.364. The molecule has 3 N–H and O–H groups in total. The molecule has 1 atom stereocenters. The average Bonchev–Trinajstić information content (AvgIpc) is 3.17. The fourth-order valence-corrected chi connectivity index (χ4v) is 4.17. The Morgan fingerprint density at radius 1 is 1.14 bits per heavy atom. The normalized spacial score (nSPS) is 16.5.